The van der Waals surface area contributed by atoms with Gasteiger partial charge in [0.15, 0.2) is 69.7 Å². The average molecular weight is 724 g/mol. The normalized spacial score (nSPS) is 11.6. The molecule has 0 bridgehead atoms. The second-order valence-electron chi connectivity index (χ2n) is 10.8. The van der Waals surface area contributed by atoms with Crippen LogP contribution in [-0.4, -0.2) is 7.32 Å². The van der Waals surface area contributed by atoms with Crippen molar-refractivity contribution in [3.05, 3.63) is 136 Å². The zero-order valence-corrected chi connectivity index (χ0v) is 24.5. The molecule has 0 fully saturated rings. The lowest BCUT2D eigenvalue weighted by molar-refractivity contribution is 0.281. The van der Waals surface area contributed by atoms with Crippen LogP contribution in [0.4, 0.5) is 57.1 Å². The van der Waals surface area contributed by atoms with Crippen molar-refractivity contribution in [2.75, 3.05) is 0 Å². The maximum atomic E-state index is 15.4. The Kier molecular flexibility index (Phi) is 8.03. The lowest BCUT2D eigenvalue weighted by Gasteiger charge is -2.21. The van der Waals surface area contributed by atoms with E-state index in [2.05, 4.69) is 0 Å². The molecule has 0 atom stereocenters. The van der Waals surface area contributed by atoms with Gasteiger partial charge in [-0.05, 0) is 59.3 Å². The highest BCUT2D eigenvalue weighted by molar-refractivity contribution is 6.40. The van der Waals surface area contributed by atoms with E-state index in [9.17, 15) is 39.5 Å². The fourth-order valence-electron chi connectivity index (χ4n) is 5.42. The molecule has 0 saturated carbocycles. The Labute approximate surface area is 275 Å². The number of benzene rings is 7. The second kappa shape index (κ2) is 12.2. The summed E-state index contributed by atoms with van der Waals surface area (Å²) in [5.74, 6) is -28.6. The topological polar surface area (TPSA) is 27.7 Å². The van der Waals surface area contributed by atoms with Crippen molar-refractivity contribution in [2.45, 2.75) is 0 Å². The summed E-state index contributed by atoms with van der Waals surface area (Å²) in [4.78, 5) is 0. The summed E-state index contributed by atoms with van der Waals surface area (Å²) in [7, 11) is -2.92. The number of hydrogen-bond donors (Lipinski definition) is 0. The first-order valence-electron chi connectivity index (χ1n) is 14.1. The lowest BCUT2D eigenvalue weighted by Crippen LogP contribution is -2.38. The van der Waals surface area contributed by atoms with Crippen LogP contribution in [0, 0.1) is 75.6 Å². The number of hydrogen-bond acceptors (Lipinski definition) is 3. The molecule has 3 nitrogen and oxygen atoms in total. The van der Waals surface area contributed by atoms with E-state index < -0.39 is 133 Å². The summed E-state index contributed by atoms with van der Waals surface area (Å²) in [5.41, 5.74) is 0. The third-order valence-electron chi connectivity index (χ3n) is 7.87. The van der Waals surface area contributed by atoms with Gasteiger partial charge in [-0.2, -0.15) is 13.2 Å². The van der Waals surface area contributed by atoms with Gasteiger partial charge in [0.2, 0.25) is 17.5 Å². The van der Waals surface area contributed by atoms with Crippen molar-refractivity contribution in [3.63, 3.8) is 0 Å². The van der Waals surface area contributed by atoms with Gasteiger partial charge in [0.25, 0.3) is 0 Å². The molecule has 17 heteroatoms. The summed E-state index contributed by atoms with van der Waals surface area (Å²) in [6.07, 6.45) is 0. The fraction of sp³-hybridized carbons (Fsp3) is 0. The van der Waals surface area contributed by atoms with Crippen LogP contribution in [0.5, 0.6) is 17.2 Å². The molecule has 0 aliphatic carbocycles. The molecule has 7 aromatic rings. The monoisotopic (exact) mass is 724 g/mol. The van der Waals surface area contributed by atoms with E-state index in [0.29, 0.717) is 36.4 Å². The SMILES string of the molecule is Fc1ccc(OB(Oc2c(F)c(F)c(F)c3cc4c(F)c(F)ccc4cc23)Oc2c(F)c(F)c(F)c3cc4c(F)c(F)ccc4cc23)c(F)c1F. The van der Waals surface area contributed by atoms with Crippen LogP contribution in [0.1, 0.15) is 0 Å². The summed E-state index contributed by atoms with van der Waals surface area (Å²) in [6, 6.07) is 6.69. The van der Waals surface area contributed by atoms with Crippen molar-refractivity contribution in [1.29, 1.82) is 0 Å². The molecular weight excluding hydrogens is 714 g/mol. The van der Waals surface area contributed by atoms with Crippen molar-refractivity contribution >= 4 is 50.4 Å². The summed E-state index contributed by atoms with van der Waals surface area (Å²) >= 11 is 0. The van der Waals surface area contributed by atoms with E-state index in [1.807, 2.05) is 0 Å². The molecule has 0 N–H and O–H groups in total. The number of rotatable bonds is 6. The van der Waals surface area contributed by atoms with Gasteiger partial charge in [0.1, 0.15) is 5.75 Å². The maximum absolute atomic E-state index is 15.4. The van der Waals surface area contributed by atoms with Gasteiger partial charge in [-0.3, -0.25) is 0 Å². The first-order valence-corrected chi connectivity index (χ1v) is 14.1. The third-order valence-corrected chi connectivity index (χ3v) is 7.87. The van der Waals surface area contributed by atoms with Crippen LogP contribution < -0.4 is 14.0 Å². The Morgan fingerprint density at radius 3 is 1.18 bits per heavy atom. The molecule has 0 amide bonds. The zero-order valence-electron chi connectivity index (χ0n) is 24.5. The Balaban J connectivity index is 1.46. The van der Waals surface area contributed by atoms with Crippen LogP contribution in [0.25, 0.3) is 43.1 Å². The van der Waals surface area contributed by atoms with E-state index in [-0.39, 0.29) is 10.8 Å². The van der Waals surface area contributed by atoms with Crippen LogP contribution in [0.2, 0.25) is 0 Å². The maximum Gasteiger partial charge on any atom is 0.864 e. The molecule has 7 aromatic carbocycles. The van der Waals surface area contributed by atoms with E-state index in [1.165, 1.54) is 0 Å². The van der Waals surface area contributed by atoms with E-state index in [4.69, 9.17) is 14.0 Å². The minimum Gasteiger partial charge on any atom is -0.487 e. The highest BCUT2D eigenvalue weighted by Gasteiger charge is 2.38. The smallest absolute Gasteiger partial charge is 0.487 e. The van der Waals surface area contributed by atoms with Gasteiger partial charge in [-0.15, -0.1) is 0 Å². The van der Waals surface area contributed by atoms with Crippen molar-refractivity contribution in [3.8, 4) is 17.2 Å². The van der Waals surface area contributed by atoms with Gasteiger partial charge in [-0.1, -0.05) is 12.1 Å². The van der Waals surface area contributed by atoms with Crippen LogP contribution >= 0.6 is 0 Å². The van der Waals surface area contributed by atoms with Crippen LogP contribution in [0.15, 0.2) is 60.7 Å². The minimum atomic E-state index is -2.92. The van der Waals surface area contributed by atoms with Crippen LogP contribution in [-0.2, 0) is 0 Å². The van der Waals surface area contributed by atoms with Crippen molar-refractivity contribution < 1.29 is 71.0 Å². The van der Waals surface area contributed by atoms with E-state index >= 15 is 17.6 Å². The van der Waals surface area contributed by atoms with Gasteiger partial charge in [0, 0.05) is 32.3 Å². The lowest BCUT2D eigenvalue weighted by atomic mass is 10.00. The molecule has 0 aliphatic rings. The zero-order chi connectivity index (χ0) is 36.6. The highest BCUT2D eigenvalue weighted by atomic mass is 19.2. The molecule has 258 valence electrons. The van der Waals surface area contributed by atoms with E-state index in [1.54, 1.807) is 0 Å². The molecule has 0 aromatic heterocycles. The second-order valence-corrected chi connectivity index (χ2v) is 10.8. The Morgan fingerprint density at radius 2 is 0.725 bits per heavy atom. The van der Waals surface area contributed by atoms with Gasteiger partial charge in [-0.25, -0.2) is 43.9 Å². The molecule has 0 radical (unpaired) electrons. The molecule has 0 heterocycles. The molecule has 0 spiro atoms. The van der Waals surface area contributed by atoms with Crippen molar-refractivity contribution in [1.82, 2.24) is 0 Å². The quantitative estimate of drug-likeness (QED) is 0.0740. The fourth-order valence-corrected chi connectivity index (χ4v) is 5.42. The molecule has 0 unspecified atom stereocenters. The summed E-state index contributed by atoms with van der Waals surface area (Å²) in [6.45, 7) is 0. The highest BCUT2D eigenvalue weighted by Crippen LogP contribution is 2.41. The molecule has 51 heavy (non-hydrogen) atoms. The Hall–Kier alpha value is -5.87. The number of fused-ring (bicyclic) bond motifs is 4. The van der Waals surface area contributed by atoms with Crippen molar-refractivity contribution in [2.24, 2.45) is 0 Å². The predicted octanol–water partition coefficient (Wildman–Crippen LogP) is 10.6. The van der Waals surface area contributed by atoms with Gasteiger partial charge in [0.05, 0.1) is 0 Å². The van der Waals surface area contributed by atoms with Crippen LogP contribution in [0.3, 0.4) is 0 Å². The first kappa shape index (κ1) is 33.6. The third kappa shape index (κ3) is 5.34. The summed E-state index contributed by atoms with van der Waals surface area (Å²) in [5, 5.41) is -5.09. The molecule has 7 rings (SSSR count). The standard InChI is InChI=1S/C34H10BF13O3/c36-19-3-1-11-7-17-15(9-13(11)23(19)39)25(41)29(45)31(47)33(17)50-35(49-22-6-5-21(38)27(43)28(22)44)51-34-18-8-12-2-4-20(37)24(40)14(12)10-16(18)26(42)30(46)32(34)48/h1-10H. The minimum absolute atomic E-state index is 0.241. The predicted molar refractivity (Wildman–Crippen MR) is 156 cm³/mol. The molecule has 0 aliphatic heterocycles. The van der Waals surface area contributed by atoms with E-state index in [0.717, 1.165) is 24.3 Å². The first-order chi connectivity index (χ1) is 24.2. The van der Waals surface area contributed by atoms with Gasteiger partial charge >= 0.3 is 7.32 Å². The molecular formula is C34H10BF13O3. The Bertz CT molecular complexity index is 2480. The molecule has 0 saturated heterocycles. The summed E-state index contributed by atoms with van der Waals surface area (Å²) < 4.78 is 206. The van der Waals surface area contributed by atoms with Gasteiger partial charge < -0.3 is 14.0 Å². The number of halogens is 13. The average Bonchev–Trinajstić information content (AvgIpc) is 3.12. The largest absolute Gasteiger partial charge is 0.864 e. The Morgan fingerprint density at radius 1 is 0.314 bits per heavy atom.